The van der Waals surface area contributed by atoms with E-state index in [9.17, 15) is 0 Å². The van der Waals surface area contributed by atoms with Crippen molar-refractivity contribution in [2.24, 2.45) is 0 Å². The van der Waals surface area contributed by atoms with E-state index in [2.05, 4.69) is 28.5 Å². The highest BCUT2D eigenvalue weighted by Crippen LogP contribution is 2.28. The molecule has 2 saturated heterocycles. The van der Waals surface area contributed by atoms with E-state index in [-0.39, 0.29) is 0 Å². The van der Waals surface area contributed by atoms with Crippen LogP contribution < -0.4 is 14.7 Å². The molecule has 0 atom stereocenters. The number of rotatable bonds is 6. The Morgan fingerprint density at radius 3 is 1.89 bits per heavy atom. The molecule has 0 radical (unpaired) electrons. The van der Waals surface area contributed by atoms with Crippen LogP contribution in [0.5, 0.6) is 0 Å². The van der Waals surface area contributed by atoms with E-state index in [0.29, 0.717) is 44.1 Å². The second-order valence-electron chi connectivity index (χ2n) is 6.65. The van der Waals surface area contributed by atoms with Gasteiger partial charge in [-0.1, -0.05) is 0 Å². The molecule has 2 aliphatic heterocycles. The summed E-state index contributed by atoms with van der Waals surface area (Å²) in [6.07, 6.45) is 0. The molecule has 2 fully saturated rings. The summed E-state index contributed by atoms with van der Waals surface area (Å²) in [6, 6.07) is 0. The van der Waals surface area contributed by atoms with E-state index < -0.39 is 0 Å². The summed E-state index contributed by atoms with van der Waals surface area (Å²) in [7, 11) is 0. The maximum Gasteiger partial charge on any atom is 0.230 e. The molecule has 28 heavy (non-hydrogen) atoms. The highest BCUT2D eigenvalue weighted by Gasteiger charge is 2.22. The zero-order valence-electron chi connectivity index (χ0n) is 16.5. The monoisotopic (exact) mass is 405 g/mol. The van der Waals surface area contributed by atoms with Crippen LogP contribution in [0.4, 0.5) is 17.0 Å². The molecule has 0 N–H and O–H groups in total. The van der Waals surface area contributed by atoms with E-state index in [1.807, 2.05) is 5.38 Å². The van der Waals surface area contributed by atoms with E-state index in [4.69, 9.17) is 29.4 Å². The molecule has 0 aromatic carbocycles. The lowest BCUT2D eigenvalue weighted by atomic mass is 10.4. The van der Waals surface area contributed by atoms with Gasteiger partial charge in [0.05, 0.1) is 26.4 Å². The second kappa shape index (κ2) is 8.97. The molecule has 2 aromatic heterocycles. The largest absolute Gasteiger partial charge is 0.378 e. The molecule has 0 saturated carbocycles. The van der Waals surface area contributed by atoms with Crippen LogP contribution in [0.3, 0.4) is 0 Å². The minimum Gasteiger partial charge on any atom is -0.378 e. The van der Waals surface area contributed by atoms with E-state index in [1.54, 1.807) is 11.3 Å². The molecule has 4 rings (SSSR count). The van der Waals surface area contributed by atoms with Gasteiger partial charge < -0.3 is 24.2 Å². The Morgan fingerprint density at radius 1 is 0.857 bits per heavy atom. The first-order chi connectivity index (χ1) is 13.8. The van der Waals surface area contributed by atoms with Gasteiger partial charge in [-0.15, -0.1) is 11.3 Å². The molecule has 2 aromatic rings. The van der Waals surface area contributed by atoms with Gasteiger partial charge in [0, 0.05) is 44.6 Å². The lowest BCUT2D eigenvalue weighted by molar-refractivity contribution is 0.121. The Labute approximate surface area is 169 Å². The summed E-state index contributed by atoms with van der Waals surface area (Å²) in [5.74, 6) is 2.03. The third-order valence-electron chi connectivity index (χ3n) is 4.95. The van der Waals surface area contributed by atoms with Crippen LogP contribution in [0, 0.1) is 0 Å². The maximum absolute atomic E-state index is 5.48. The molecule has 4 heterocycles. The first kappa shape index (κ1) is 19.3. The summed E-state index contributed by atoms with van der Waals surface area (Å²) in [4.78, 5) is 25.7. The van der Waals surface area contributed by atoms with Crippen LogP contribution in [0.25, 0.3) is 11.5 Å². The van der Waals surface area contributed by atoms with Gasteiger partial charge >= 0.3 is 0 Å². The van der Waals surface area contributed by atoms with Crippen molar-refractivity contribution >= 4 is 28.4 Å². The number of ether oxygens (including phenoxy) is 2. The lowest BCUT2D eigenvalue weighted by Gasteiger charge is -2.30. The Kier molecular flexibility index (Phi) is 6.18. The van der Waals surface area contributed by atoms with E-state index >= 15 is 0 Å². The Hall–Kier alpha value is -2.04. The number of aromatic nitrogens is 4. The van der Waals surface area contributed by atoms with Crippen molar-refractivity contribution in [2.75, 3.05) is 80.4 Å². The maximum atomic E-state index is 5.48. The van der Waals surface area contributed by atoms with Gasteiger partial charge in [-0.05, 0) is 13.8 Å². The summed E-state index contributed by atoms with van der Waals surface area (Å²) >= 11 is 1.63. The van der Waals surface area contributed by atoms with Crippen LogP contribution >= 0.6 is 11.3 Å². The molecule has 10 heteroatoms. The number of anilines is 3. The smallest absolute Gasteiger partial charge is 0.230 e. The van der Waals surface area contributed by atoms with Crippen LogP contribution in [0.1, 0.15) is 13.8 Å². The number of hydrogen-bond donors (Lipinski definition) is 0. The van der Waals surface area contributed by atoms with Crippen molar-refractivity contribution in [2.45, 2.75) is 13.8 Å². The van der Waals surface area contributed by atoms with Crippen LogP contribution in [0.2, 0.25) is 0 Å². The molecule has 2 aliphatic rings. The minimum atomic E-state index is 0.632. The summed E-state index contributed by atoms with van der Waals surface area (Å²) < 4.78 is 11.0. The molecule has 0 aliphatic carbocycles. The minimum absolute atomic E-state index is 0.632. The van der Waals surface area contributed by atoms with Crippen molar-refractivity contribution in [1.82, 2.24) is 19.9 Å². The molecular formula is C18H27N7O2S. The first-order valence-corrected chi connectivity index (χ1v) is 10.8. The SMILES string of the molecule is CCN(CC)c1nc(-c2nc(N3CCOCC3)nc(N3CCOCC3)n2)cs1. The van der Waals surface area contributed by atoms with Gasteiger partial charge in [0.25, 0.3) is 0 Å². The fourth-order valence-corrected chi connectivity index (χ4v) is 4.22. The molecular weight excluding hydrogens is 378 g/mol. The van der Waals surface area contributed by atoms with E-state index in [1.165, 1.54) is 0 Å². The zero-order chi connectivity index (χ0) is 19.3. The highest BCUT2D eigenvalue weighted by atomic mass is 32.1. The van der Waals surface area contributed by atoms with Crippen molar-refractivity contribution in [3.05, 3.63) is 5.38 Å². The average molecular weight is 406 g/mol. The van der Waals surface area contributed by atoms with E-state index in [0.717, 1.165) is 50.1 Å². The molecule has 9 nitrogen and oxygen atoms in total. The third kappa shape index (κ3) is 4.18. The Morgan fingerprint density at radius 2 is 1.39 bits per heavy atom. The molecule has 0 spiro atoms. The fourth-order valence-electron chi connectivity index (χ4n) is 3.28. The third-order valence-corrected chi connectivity index (χ3v) is 5.86. The predicted octanol–water partition coefficient (Wildman–Crippen LogP) is 1.51. The number of morpholine rings is 2. The Balaban J connectivity index is 1.68. The fraction of sp³-hybridized carbons (Fsp3) is 0.667. The van der Waals surface area contributed by atoms with Gasteiger partial charge in [0.2, 0.25) is 11.9 Å². The number of nitrogens with zero attached hydrogens (tertiary/aromatic N) is 7. The second-order valence-corrected chi connectivity index (χ2v) is 7.48. The number of thiazole rings is 1. The van der Waals surface area contributed by atoms with Crippen LogP contribution in [0.15, 0.2) is 5.38 Å². The van der Waals surface area contributed by atoms with Gasteiger partial charge in [0.15, 0.2) is 11.0 Å². The number of hydrogen-bond acceptors (Lipinski definition) is 10. The lowest BCUT2D eigenvalue weighted by Crippen LogP contribution is -2.40. The van der Waals surface area contributed by atoms with Gasteiger partial charge in [-0.3, -0.25) is 0 Å². The van der Waals surface area contributed by atoms with Crippen molar-refractivity contribution in [3.63, 3.8) is 0 Å². The topological polar surface area (TPSA) is 79.7 Å². The molecule has 0 bridgehead atoms. The van der Waals surface area contributed by atoms with Crippen molar-refractivity contribution in [3.8, 4) is 11.5 Å². The highest BCUT2D eigenvalue weighted by molar-refractivity contribution is 7.14. The van der Waals surface area contributed by atoms with Crippen molar-refractivity contribution in [1.29, 1.82) is 0 Å². The Bertz CT molecular complexity index is 735. The van der Waals surface area contributed by atoms with Crippen LogP contribution in [-0.2, 0) is 9.47 Å². The standard InChI is InChI=1S/C18H27N7O2S/c1-3-23(4-2)18-19-14(13-28-18)15-20-16(24-5-9-26-10-6-24)22-17(21-15)25-7-11-27-12-8-25/h13H,3-12H2,1-2H3. The summed E-state index contributed by atoms with van der Waals surface area (Å²) in [5.41, 5.74) is 0.804. The molecule has 152 valence electrons. The van der Waals surface area contributed by atoms with Crippen LogP contribution in [-0.4, -0.2) is 85.6 Å². The molecule has 0 amide bonds. The van der Waals surface area contributed by atoms with Gasteiger partial charge in [-0.25, -0.2) is 4.98 Å². The summed E-state index contributed by atoms with van der Waals surface area (Å²) in [5, 5.41) is 3.04. The van der Waals surface area contributed by atoms with Gasteiger partial charge in [0.1, 0.15) is 5.69 Å². The average Bonchev–Trinajstić information content (AvgIpc) is 3.26. The van der Waals surface area contributed by atoms with Gasteiger partial charge in [-0.2, -0.15) is 15.0 Å². The quantitative estimate of drug-likeness (QED) is 0.710. The molecule has 0 unspecified atom stereocenters. The first-order valence-electron chi connectivity index (χ1n) is 9.90. The van der Waals surface area contributed by atoms with Crippen molar-refractivity contribution < 1.29 is 9.47 Å². The normalized spacial score (nSPS) is 17.8. The predicted molar refractivity (Wildman–Crippen MR) is 111 cm³/mol. The zero-order valence-corrected chi connectivity index (χ0v) is 17.3. The summed E-state index contributed by atoms with van der Waals surface area (Å²) in [6.45, 7) is 12.0.